The zero-order valence-electron chi connectivity index (χ0n) is 18.8. The maximum atomic E-state index is 12.5. The lowest BCUT2D eigenvalue weighted by atomic mass is 9.98. The van der Waals surface area contributed by atoms with Crippen LogP contribution in [-0.4, -0.2) is 56.8 Å². The van der Waals surface area contributed by atoms with Crippen molar-refractivity contribution in [2.24, 2.45) is 7.05 Å². The van der Waals surface area contributed by atoms with Crippen LogP contribution in [0.15, 0.2) is 12.1 Å². The molecule has 2 heterocycles. The van der Waals surface area contributed by atoms with E-state index in [9.17, 15) is 18.0 Å². The number of carbonyl (C=O) groups is 1. The van der Waals surface area contributed by atoms with Crippen molar-refractivity contribution in [3.05, 3.63) is 23.5 Å². The van der Waals surface area contributed by atoms with Gasteiger partial charge in [-0.2, -0.15) is 13.2 Å². The number of rotatable bonds is 7. The second kappa shape index (κ2) is 9.56. The molecule has 180 valence electrons. The number of aryl methyl sites for hydroxylation is 1. The van der Waals surface area contributed by atoms with Crippen LogP contribution in [0.2, 0.25) is 0 Å². The first-order chi connectivity index (χ1) is 15.7. The molecular weight excluding hydrogens is 439 g/mol. The predicted octanol–water partition coefficient (Wildman–Crippen LogP) is 4.60. The number of carbonyl (C=O) groups excluding carboxylic acids is 1. The van der Waals surface area contributed by atoms with Gasteiger partial charge in [-0.05, 0) is 50.7 Å². The van der Waals surface area contributed by atoms with Crippen LogP contribution in [0.25, 0.3) is 11.4 Å². The van der Waals surface area contributed by atoms with Crippen LogP contribution in [-0.2, 0) is 18.4 Å². The van der Waals surface area contributed by atoms with Gasteiger partial charge in [-0.1, -0.05) is 11.6 Å². The van der Waals surface area contributed by atoms with Crippen molar-refractivity contribution in [2.75, 3.05) is 13.6 Å². The van der Waals surface area contributed by atoms with E-state index in [1.54, 1.807) is 13.1 Å². The van der Waals surface area contributed by atoms with Crippen LogP contribution >= 0.6 is 0 Å². The molecular formula is C22H28F3N5O3. The maximum Gasteiger partial charge on any atom is 0.410 e. The average Bonchev–Trinajstić information content (AvgIpc) is 3.55. The lowest BCUT2D eigenvalue weighted by molar-refractivity contribution is -0.140. The van der Waals surface area contributed by atoms with E-state index in [-0.39, 0.29) is 12.7 Å². The molecule has 0 spiro atoms. The summed E-state index contributed by atoms with van der Waals surface area (Å²) >= 11 is 0. The monoisotopic (exact) mass is 467 g/mol. The molecule has 2 fully saturated rings. The minimum atomic E-state index is -4.50. The minimum absolute atomic E-state index is 0.212. The fraction of sp³-hybridized carbons (Fsp3) is 0.636. The van der Waals surface area contributed by atoms with Crippen LogP contribution in [0.3, 0.4) is 0 Å². The summed E-state index contributed by atoms with van der Waals surface area (Å²) in [4.78, 5) is 17.3. The van der Waals surface area contributed by atoms with Crippen LogP contribution in [0.4, 0.5) is 18.0 Å². The van der Waals surface area contributed by atoms with Crippen molar-refractivity contribution < 1.29 is 27.4 Å². The molecule has 0 atom stereocenters. The summed E-state index contributed by atoms with van der Waals surface area (Å²) in [6.07, 6.45) is 2.43. The molecule has 4 rings (SSSR count). The number of nitrogens with zero attached hydrogens (tertiary/aromatic N) is 5. The normalized spacial score (nSPS) is 17.1. The van der Waals surface area contributed by atoms with E-state index in [0.717, 1.165) is 44.2 Å². The Kier molecular flexibility index (Phi) is 6.76. The molecule has 11 heteroatoms. The molecule has 2 aliphatic carbocycles. The summed E-state index contributed by atoms with van der Waals surface area (Å²) in [6, 6.07) is 3.71. The molecule has 0 unspecified atom stereocenters. The summed E-state index contributed by atoms with van der Waals surface area (Å²) in [5, 5.41) is 8.15. The Bertz CT molecular complexity index is 984. The van der Waals surface area contributed by atoms with E-state index in [4.69, 9.17) is 14.5 Å². The van der Waals surface area contributed by atoms with Gasteiger partial charge in [-0.3, -0.25) is 0 Å². The fourth-order valence-corrected chi connectivity index (χ4v) is 4.02. The largest absolute Gasteiger partial charge is 0.489 e. The number of pyridine rings is 1. The van der Waals surface area contributed by atoms with Crippen molar-refractivity contribution in [2.45, 2.75) is 69.8 Å². The number of alkyl halides is 3. The lowest BCUT2D eigenvalue weighted by Gasteiger charge is -2.24. The molecule has 0 saturated heterocycles. The van der Waals surface area contributed by atoms with Crippen molar-refractivity contribution in [1.29, 1.82) is 0 Å². The third-order valence-corrected chi connectivity index (χ3v) is 5.94. The highest BCUT2D eigenvalue weighted by atomic mass is 19.4. The van der Waals surface area contributed by atoms with Gasteiger partial charge >= 0.3 is 12.3 Å². The molecule has 0 aromatic carbocycles. The Morgan fingerprint density at radius 3 is 2.58 bits per heavy atom. The number of ether oxygens (including phenoxy) is 2. The Balaban J connectivity index is 1.50. The quantitative estimate of drug-likeness (QED) is 0.592. The first-order valence-corrected chi connectivity index (χ1v) is 11.2. The van der Waals surface area contributed by atoms with Crippen LogP contribution in [0.5, 0.6) is 5.75 Å². The maximum absolute atomic E-state index is 12.5. The van der Waals surface area contributed by atoms with E-state index in [1.807, 2.05) is 6.07 Å². The summed E-state index contributed by atoms with van der Waals surface area (Å²) in [6.45, 7) is -1.67. The first-order valence-electron chi connectivity index (χ1n) is 11.2. The SMILES string of the molecule is CN(CC(F)(F)F)C(=O)OCc1c(-c2ccc(OC3CCCCC3)c(C3CC3)n2)nnn1C. The van der Waals surface area contributed by atoms with E-state index >= 15 is 0 Å². The second-order valence-corrected chi connectivity index (χ2v) is 8.77. The molecule has 2 saturated carbocycles. The van der Waals surface area contributed by atoms with Crippen LogP contribution < -0.4 is 4.74 Å². The first kappa shape index (κ1) is 23.3. The van der Waals surface area contributed by atoms with E-state index in [1.165, 1.54) is 23.9 Å². The highest BCUT2D eigenvalue weighted by molar-refractivity contribution is 5.67. The van der Waals surface area contributed by atoms with E-state index in [2.05, 4.69) is 10.3 Å². The number of hydrogen-bond donors (Lipinski definition) is 0. The smallest absolute Gasteiger partial charge is 0.410 e. The molecule has 1 amide bonds. The molecule has 2 aliphatic rings. The van der Waals surface area contributed by atoms with Crippen LogP contribution in [0, 0.1) is 0 Å². The van der Waals surface area contributed by atoms with Gasteiger partial charge in [0.1, 0.15) is 30.3 Å². The Morgan fingerprint density at radius 2 is 1.91 bits per heavy atom. The van der Waals surface area contributed by atoms with Gasteiger partial charge in [0.2, 0.25) is 0 Å². The average molecular weight is 467 g/mol. The predicted molar refractivity (Wildman–Crippen MR) is 113 cm³/mol. The van der Waals surface area contributed by atoms with Gasteiger partial charge in [0.05, 0.1) is 17.5 Å². The van der Waals surface area contributed by atoms with Gasteiger partial charge in [-0.15, -0.1) is 5.10 Å². The number of aromatic nitrogens is 4. The van der Waals surface area contributed by atoms with Gasteiger partial charge in [-0.25, -0.2) is 14.5 Å². The molecule has 2 aromatic heterocycles. The summed E-state index contributed by atoms with van der Waals surface area (Å²) in [7, 11) is 2.66. The molecule has 0 N–H and O–H groups in total. The number of amides is 1. The molecule has 8 nitrogen and oxygen atoms in total. The Morgan fingerprint density at radius 1 is 1.18 bits per heavy atom. The Hall–Kier alpha value is -2.85. The van der Waals surface area contributed by atoms with Crippen LogP contribution in [0.1, 0.15) is 62.3 Å². The molecule has 0 radical (unpaired) electrons. The summed E-state index contributed by atoms with van der Waals surface area (Å²) in [5.41, 5.74) is 2.33. The molecule has 0 bridgehead atoms. The fourth-order valence-electron chi connectivity index (χ4n) is 4.02. The lowest BCUT2D eigenvalue weighted by Crippen LogP contribution is -2.36. The van der Waals surface area contributed by atoms with E-state index < -0.39 is 18.8 Å². The number of halogens is 3. The van der Waals surface area contributed by atoms with Gasteiger partial charge in [0.15, 0.2) is 0 Å². The molecule has 33 heavy (non-hydrogen) atoms. The highest BCUT2D eigenvalue weighted by Gasteiger charge is 2.33. The topological polar surface area (TPSA) is 82.4 Å². The van der Waals surface area contributed by atoms with Crippen molar-refractivity contribution in [3.8, 4) is 17.1 Å². The highest BCUT2D eigenvalue weighted by Crippen LogP contribution is 2.44. The third-order valence-electron chi connectivity index (χ3n) is 5.94. The van der Waals surface area contributed by atoms with Gasteiger partial charge < -0.3 is 14.4 Å². The summed E-state index contributed by atoms with van der Waals surface area (Å²) in [5.74, 6) is 1.15. The second-order valence-electron chi connectivity index (χ2n) is 8.77. The number of hydrogen-bond acceptors (Lipinski definition) is 6. The van der Waals surface area contributed by atoms with Crippen molar-refractivity contribution in [3.63, 3.8) is 0 Å². The van der Waals surface area contributed by atoms with Crippen molar-refractivity contribution >= 4 is 6.09 Å². The summed E-state index contributed by atoms with van der Waals surface area (Å²) < 4.78 is 50.4. The third kappa shape index (κ3) is 5.94. The van der Waals surface area contributed by atoms with Gasteiger partial charge in [0.25, 0.3) is 0 Å². The minimum Gasteiger partial charge on any atom is -0.489 e. The Labute approximate surface area is 190 Å². The van der Waals surface area contributed by atoms with Gasteiger partial charge in [0, 0.05) is 20.0 Å². The van der Waals surface area contributed by atoms with Crippen molar-refractivity contribution in [1.82, 2.24) is 24.9 Å². The van der Waals surface area contributed by atoms with E-state index in [0.29, 0.717) is 27.9 Å². The standard InChI is InChI=1S/C22H28F3N5O3/c1-29(13-22(23,24)25)21(31)32-12-17-20(27-28-30(17)2)16-10-11-18(19(26-16)14-8-9-14)33-15-6-4-3-5-7-15/h10-11,14-15H,3-9,12-13H2,1-2H3. The molecule has 2 aromatic rings. The zero-order chi connectivity index (χ0) is 23.6. The zero-order valence-corrected chi connectivity index (χ0v) is 18.8. The molecule has 0 aliphatic heterocycles.